The van der Waals surface area contributed by atoms with Gasteiger partial charge in [-0.2, -0.15) is 0 Å². The van der Waals surface area contributed by atoms with Crippen LogP contribution in [0.25, 0.3) is 0 Å². The van der Waals surface area contributed by atoms with Crippen LogP contribution in [-0.4, -0.2) is 6.54 Å². The fourth-order valence-electron chi connectivity index (χ4n) is 2.61. The van der Waals surface area contributed by atoms with E-state index in [4.69, 9.17) is 5.73 Å². The van der Waals surface area contributed by atoms with Gasteiger partial charge in [0.2, 0.25) is 0 Å². The molecule has 0 aromatic heterocycles. The van der Waals surface area contributed by atoms with E-state index in [-0.39, 0.29) is 0 Å². The zero-order valence-electron chi connectivity index (χ0n) is 8.84. The van der Waals surface area contributed by atoms with Crippen LogP contribution in [0.4, 0.5) is 0 Å². The van der Waals surface area contributed by atoms with Crippen LogP contribution >= 0.6 is 0 Å². The lowest BCUT2D eigenvalue weighted by molar-refractivity contribution is 0.182. The summed E-state index contributed by atoms with van der Waals surface area (Å²) in [5.74, 6) is 2.54. The Kier molecular flexibility index (Phi) is 4.51. The number of rotatable bonds is 4. The molecule has 0 aliphatic heterocycles. The minimum Gasteiger partial charge on any atom is -0.330 e. The number of hydrogen-bond donors (Lipinski definition) is 1. The van der Waals surface area contributed by atoms with Crippen molar-refractivity contribution in [2.24, 2.45) is 23.5 Å². The topological polar surface area (TPSA) is 26.0 Å². The van der Waals surface area contributed by atoms with Crippen molar-refractivity contribution in [3.63, 3.8) is 0 Å². The van der Waals surface area contributed by atoms with Gasteiger partial charge in [0.1, 0.15) is 0 Å². The molecule has 0 radical (unpaired) electrons. The van der Waals surface area contributed by atoms with Crippen molar-refractivity contribution >= 4 is 0 Å². The molecule has 1 nitrogen and oxygen atoms in total. The van der Waals surface area contributed by atoms with Crippen molar-refractivity contribution in [3.05, 3.63) is 12.7 Å². The lowest BCUT2D eigenvalue weighted by Crippen LogP contribution is -2.29. The van der Waals surface area contributed by atoms with Crippen LogP contribution in [0.3, 0.4) is 0 Å². The minimum absolute atomic E-state index is 0.765. The molecule has 1 saturated carbocycles. The smallest absolute Gasteiger partial charge is 0.00461 e. The Balaban J connectivity index is 2.46. The van der Waals surface area contributed by atoms with Gasteiger partial charge in [0.05, 0.1) is 0 Å². The standard InChI is InChI=1S/C12H23N/c1-3-5-11-8-10(4-2)6-7-12(11)9-13/h3,10-12H,1,4-9,13H2,2H3. The summed E-state index contributed by atoms with van der Waals surface area (Å²) in [7, 11) is 0. The second-order valence-corrected chi connectivity index (χ2v) is 4.37. The van der Waals surface area contributed by atoms with Crippen molar-refractivity contribution in [2.75, 3.05) is 6.54 Å². The zero-order chi connectivity index (χ0) is 9.68. The van der Waals surface area contributed by atoms with Gasteiger partial charge in [0, 0.05) is 0 Å². The molecule has 1 aliphatic rings. The summed E-state index contributed by atoms with van der Waals surface area (Å²) < 4.78 is 0. The average molecular weight is 181 g/mol. The molecule has 0 heterocycles. The molecule has 0 bridgehead atoms. The summed E-state index contributed by atoms with van der Waals surface area (Å²) in [4.78, 5) is 0. The first kappa shape index (κ1) is 10.8. The van der Waals surface area contributed by atoms with Crippen molar-refractivity contribution < 1.29 is 0 Å². The van der Waals surface area contributed by atoms with Gasteiger partial charge in [-0.1, -0.05) is 25.8 Å². The van der Waals surface area contributed by atoms with Crippen LogP contribution in [0.2, 0.25) is 0 Å². The van der Waals surface area contributed by atoms with Gasteiger partial charge in [0.15, 0.2) is 0 Å². The van der Waals surface area contributed by atoms with E-state index in [0.29, 0.717) is 0 Å². The summed E-state index contributed by atoms with van der Waals surface area (Å²) in [6, 6.07) is 0. The Morgan fingerprint density at radius 2 is 2.15 bits per heavy atom. The molecule has 76 valence electrons. The van der Waals surface area contributed by atoms with E-state index in [0.717, 1.165) is 24.3 Å². The average Bonchev–Trinajstić information content (AvgIpc) is 2.18. The van der Waals surface area contributed by atoms with Crippen LogP contribution in [-0.2, 0) is 0 Å². The third-order valence-corrected chi connectivity index (χ3v) is 3.60. The quantitative estimate of drug-likeness (QED) is 0.663. The lowest BCUT2D eigenvalue weighted by atomic mass is 9.72. The Hall–Kier alpha value is -0.300. The number of nitrogens with two attached hydrogens (primary N) is 1. The van der Waals surface area contributed by atoms with E-state index in [2.05, 4.69) is 19.6 Å². The summed E-state index contributed by atoms with van der Waals surface area (Å²) in [6.45, 7) is 7.01. The first-order valence-corrected chi connectivity index (χ1v) is 5.62. The van der Waals surface area contributed by atoms with Crippen molar-refractivity contribution in [1.29, 1.82) is 0 Å². The molecule has 1 fully saturated rings. The van der Waals surface area contributed by atoms with Gasteiger partial charge in [-0.15, -0.1) is 6.58 Å². The molecule has 0 aromatic rings. The normalized spacial score (nSPS) is 34.5. The summed E-state index contributed by atoms with van der Waals surface area (Å²) in [6.07, 6.45) is 8.68. The molecule has 0 spiro atoms. The highest BCUT2D eigenvalue weighted by Gasteiger charge is 2.27. The van der Waals surface area contributed by atoms with E-state index in [1.165, 1.54) is 32.1 Å². The maximum absolute atomic E-state index is 5.78. The van der Waals surface area contributed by atoms with Gasteiger partial charge in [-0.25, -0.2) is 0 Å². The van der Waals surface area contributed by atoms with E-state index in [1.54, 1.807) is 0 Å². The van der Waals surface area contributed by atoms with Crippen molar-refractivity contribution in [1.82, 2.24) is 0 Å². The lowest BCUT2D eigenvalue weighted by Gasteiger charge is -2.34. The summed E-state index contributed by atoms with van der Waals surface area (Å²) in [5.41, 5.74) is 5.78. The van der Waals surface area contributed by atoms with Crippen LogP contribution in [0.15, 0.2) is 12.7 Å². The number of hydrogen-bond acceptors (Lipinski definition) is 1. The molecule has 13 heavy (non-hydrogen) atoms. The van der Waals surface area contributed by atoms with Crippen LogP contribution in [0.5, 0.6) is 0 Å². The first-order valence-electron chi connectivity index (χ1n) is 5.62. The van der Waals surface area contributed by atoms with Gasteiger partial charge >= 0.3 is 0 Å². The highest BCUT2D eigenvalue weighted by atomic mass is 14.6. The fraction of sp³-hybridized carbons (Fsp3) is 0.833. The summed E-state index contributed by atoms with van der Waals surface area (Å²) >= 11 is 0. The Labute approximate surface area is 82.4 Å². The minimum atomic E-state index is 0.765. The van der Waals surface area contributed by atoms with E-state index in [9.17, 15) is 0 Å². The third kappa shape index (κ3) is 2.84. The second kappa shape index (κ2) is 5.43. The molecule has 1 aliphatic carbocycles. The van der Waals surface area contributed by atoms with Gasteiger partial charge in [-0.3, -0.25) is 0 Å². The highest BCUT2D eigenvalue weighted by molar-refractivity contribution is 4.84. The maximum Gasteiger partial charge on any atom is -0.00461 e. The van der Waals surface area contributed by atoms with Gasteiger partial charge < -0.3 is 5.73 Å². The highest BCUT2D eigenvalue weighted by Crippen LogP contribution is 2.36. The molecular formula is C12H23N. The Bertz CT molecular complexity index is 153. The zero-order valence-corrected chi connectivity index (χ0v) is 8.84. The SMILES string of the molecule is C=CCC1CC(CC)CCC1CN. The van der Waals surface area contributed by atoms with E-state index < -0.39 is 0 Å². The molecule has 3 atom stereocenters. The van der Waals surface area contributed by atoms with Crippen molar-refractivity contribution in [3.8, 4) is 0 Å². The van der Waals surface area contributed by atoms with E-state index >= 15 is 0 Å². The molecule has 2 N–H and O–H groups in total. The fourth-order valence-corrected chi connectivity index (χ4v) is 2.61. The van der Waals surface area contributed by atoms with Gasteiger partial charge in [0.25, 0.3) is 0 Å². The predicted octanol–water partition coefficient (Wildman–Crippen LogP) is 2.96. The predicted molar refractivity (Wildman–Crippen MR) is 58.5 cm³/mol. The van der Waals surface area contributed by atoms with Crippen molar-refractivity contribution in [2.45, 2.75) is 39.0 Å². The Morgan fingerprint density at radius 1 is 1.38 bits per heavy atom. The molecule has 0 saturated heterocycles. The first-order chi connectivity index (χ1) is 6.31. The molecule has 3 unspecified atom stereocenters. The summed E-state index contributed by atoms with van der Waals surface area (Å²) in [5, 5.41) is 0. The molecule has 1 rings (SSSR count). The monoisotopic (exact) mass is 181 g/mol. The molecular weight excluding hydrogens is 158 g/mol. The second-order valence-electron chi connectivity index (χ2n) is 4.37. The van der Waals surface area contributed by atoms with Crippen LogP contribution < -0.4 is 5.73 Å². The molecule has 0 aromatic carbocycles. The third-order valence-electron chi connectivity index (χ3n) is 3.60. The number of allylic oxidation sites excluding steroid dienone is 1. The van der Waals surface area contributed by atoms with Crippen LogP contribution in [0.1, 0.15) is 39.0 Å². The Morgan fingerprint density at radius 3 is 2.69 bits per heavy atom. The van der Waals surface area contributed by atoms with Gasteiger partial charge in [-0.05, 0) is 43.6 Å². The molecule has 0 amide bonds. The van der Waals surface area contributed by atoms with E-state index in [1.807, 2.05) is 0 Å². The molecule has 1 heteroatoms. The maximum atomic E-state index is 5.78. The van der Waals surface area contributed by atoms with Crippen LogP contribution in [0, 0.1) is 17.8 Å². The largest absolute Gasteiger partial charge is 0.330 e.